The average molecular weight is 395 g/mol. The molecule has 152 valence electrons. The van der Waals surface area contributed by atoms with Gasteiger partial charge in [-0.2, -0.15) is 5.10 Å². The molecule has 2 aromatic heterocycles. The zero-order valence-corrected chi connectivity index (χ0v) is 16.9. The van der Waals surface area contributed by atoms with E-state index in [1.54, 1.807) is 4.68 Å². The number of hydrogen-bond donors (Lipinski definition) is 1. The standard InChI is InChI=1S/C19H25N9O/c1-4-27-18(22-24-25-27)15-7-5-8-16(11-15)21-19(29)26-10-6-9-17(12-26)28-14(3)20-13(2)23-28/h5,7-8,11,17H,4,6,9-10,12H2,1-3H3,(H,21,29). The fourth-order valence-electron chi connectivity index (χ4n) is 3.78. The molecular weight excluding hydrogens is 370 g/mol. The topological polar surface area (TPSA) is 107 Å². The first-order valence-corrected chi connectivity index (χ1v) is 9.87. The minimum absolute atomic E-state index is 0.114. The molecule has 3 aromatic rings. The first-order valence-electron chi connectivity index (χ1n) is 9.87. The highest BCUT2D eigenvalue weighted by Gasteiger charge is 2.26. The molecule has 10 heteroatoms. The largest absolute Gasteiger partial charge is 0.322 e. The fraction of sp³-hybridized carbons (Fsp3) is 0.474. The second-order valence-corrected chi connectivity index (χ2v) is 7.22. The van der Waals surface area contributed by atoms with Crippen LogP contribution in [-0.2, 0) is 6.54 Å². The Balaban J connectivity index is 1.46. The summed E-state index contributed by atoms with van der Waals surface area (Å²) in [6.07, 6.45) is 1.92. The average Bonchev–Trinajstić information content (AvgIpc) is 3.34. The van der Waals surface area contributed by atoms with Crippen molar-refractivity contribution in [3.8, 4) is 11.4 Å². The molecule has 4 rings (SSSR count). The first kappa shape index (κ1) is 19.0. The minimum atomic E-state index is -0.114. The zero-order valence-electron chi connectivity index (χ0n) is 16.9. The third-order valence-electron chi connectivity index (χ3n) is 5.14. The number of aromatic nitrogens is 7. The molecule has 1 fully saturated rings. The van der Waals surface area contributed by atoms with Crippen LogP contribution >= 0.6 is 0 Å². The Bertz CT molecular complexity index is 1010. The number of urea groups is 1. The summed E-state index contributed by atoms with van der Waals surface area (Å²) in [5, 5.41) is 19.3. The van der Waals surface area contributed by atoms with Gasteiger partial charge < -0.3 is 10.2 Å². The third kappa shape index (κ3) is 3.96. The quantitative estimate of drug-likeness (QED) is 0.727. The van der Waals surface area contributed by atoms with Crippen molar-refractivity contribution in [1.82, 2.24) is 39.9 Å². The number of anilines is 1. The molecule has 1 atom stereocenters. The molecule has 29 heavy (non-hydrogen) atoms. The number of nitrogens with zero attached hydrogens (tertiary/aromatic N) is 8. The van der Waals surface area contributed by atoms with Gasteiger partial charge in [-0.05, 0) is 56.2 Å². The molecule has 0 radical (unpaired) electrons. The van der Waals surface area contributed by atoms with E-state index < -0.39 is 0 Å². The van der Waals surface area contributed by atoms with Crippen LogP contribution in [0, 0.1) is 13.8 Å². The number of amides is 2. The van der Waals surface area contributed by atoms with Crippen LogP contribution in [0.4, 0.5) is 10.5 Å². The van der Waals surface area contributed by atoms with Gasteiger partial charge in [-0.15, -0.1) is 5.10 Å². The Morgan fingerprint density at radius 3 is 2.93 bits per heavy atom. The molecule has 1 aliphatic heterocycles. The maximum atomic E-state index is 12.9. The Hall–Kier alpha value is -3.30. The van der Waals surface area contributed by atoms with Gasteiger partial charge in [0.2, 0.25) is 0 Å². The van der Waals surface area contributed by atoms with Crippen LogP contribution in [0.3, 0.4) is 0 Å². The lowest BCUT2D eigenvalue weighted by Gasteiger charge is -2.33. The molecule has 3 heterocycles. The van der Waals surface area contributed by atoms with Crippen molar-refractivity contribution in [2.75, 3.05) is 18.4 Å². The number of rotatable bonds is 4. The molecule has 1 N–H and O–H groups in total. The van der Waals surface area contributed by atoms with E-state index in [-0.39, 0.29) is 12.1 Å². The normalized spacial score (nSPS) is 16.8. The summed E-state index contributed by atoms with van der Waals surface area (Å²) in [6.45, 7) is 7.84. The van der Waals surface area contributed by atoms with Crippen molar-refractivity contribution in [1.29, 1.82) is 0 Å². The van der Waals surface area contributed by atoms with Crippen LogP contribution < -0.4 is 5.32 Å². The Kier molecular flexibility index (Phi) is 5.24. The van der Waals surface area contributed by atoms with E-state index in [9.17, 15) is 4.79 Å². The lowest BCUT2D eigenvalue weighted by Crippen LogP contribution is -2.43. The van der Waals surface area contributed by atoms with Gasteiger partial charge in [0.25, 0.3) is 0 Å². The Morgan fingerprint density at radius 1 is 1.31 bits per heavy atom. The summed E-state index contributed by atoms with van der Waals surface area (Å²) in [7, 11) is 0. The van der Waals surface area contributed by atoms with Crippen molar-refractivity contribution in [2.45, 2.75) is 46.2 Å². The predicted octanol–water partition coefficient (Wildman–Crippen LogP) is 2.44. The van der Waals surface area contributed by atoms with Gasteiger partial charge >= 0.3 is 6.03 Å². The van der Waals surface area contributed by atoms with Gasteiger partial charge in [0, 0.05) is 30.9 Å². The summed E-state index contributed by atoms with van der Waals surface area (Å²) in [4.78, 5) is 19.1. The van der Waals surface area contributed by atoms with Crippen molar-refractivity contribution in [3.05, 3.63) is 35.9 Å². The van der Waals surface area contributed by atoms with Crippen LogP contribution in [0.5, 0.6) is 0 Å². The Labute approximate surface area is 168 Å². The Morgan fingerprint density at radius 2 is 2.17 bits per heavy atom. The number of piperidine rings is 1. The van der Waals surface area contributed by atoms with Crippen LogP contribution in [0.25, 0.3) is 11.4 Å². The molecule has 0 spiro atoms. The smallest absolute Gasteiger partial charge is 0.321 e. The van der Waals surface area contributed by atoms with Gasteiger partial charge in [0.1, 0.15) is 11.6 Å². The third-order valence-corrected chi connectivity index (χ3v) is 5.14. The highest BCUT2D eigenvalue weighted by Crippen LogP contribution is 2.24. The maximum absolute atomic E-state index is 12.9. The number of likely N-dealkylation sites (tertiary alicyclic amines) is 1. The molecule has 1 aliphatic rings. The summed E-state index contributed by atoms with van der Waals surface area (Å²) in [5.74, 6) is 2.32. The van der Waals surface area contributed by atoms with Gasteiger partial charge in [0.05, 0.1) is 6.04 Å². The van der Waals surface area contributed by atoms with E-state index in [0.717, 1.165) is 36.6 Å². The van der Waals surface area contributed by atoms with Gasteiger partial charge in [0.15, 0.2) is 5.82 Å². The number of benzene rings is 1. The summed E-state index contributed by atoms with van der Waals surface area (Å²) >= 11 is 0. The number of hydrogen-bond acceptors (Lipinski definition) is 6. The number of nitrogens with one attached hydrogen (secondary N) is 1. The van der Waals surface area contributed by atoms with Gasteiger partial charge in [-0.25, -0.2) is 19.1 Å². The molecule has 1 unspecified atom stereocenters. The molecular formula is C19H25N9O. The lowest BCUT2D eigenvalue weighted by molar-refractivity contribution is 0.173. The van der Waals surface area contributed by atoms with Crippen LogP contribution in [-0.4, -0.2) is 59.0 Å². The number of tetrazole rings is 1. The zero-order chi connectivity index (χ0) is 20.4. The molecule has 0 saturated carbocycles. The summed E-state index contributed by atoms with van der Waals surface area (Å²) < 4.78 is 3.67. The van der Waals surface area contributed by atoms with Crippen LogP contribution in [0.1, 0.15) is 37.5 Å². The van der Waals surface area contributed by atoms with Crippen LogP contribution in [0.2, 0.25) is 0 Å². The van der Waals surface area contributed by atoms with E-state index in [1.807, 2.05) is 54.6 Å². The lowest BCUT2D eigenvalue weighted by atomic mass is 10.1. The van der Waals surface area contributed by atoms with Crippen LogP contribution in [0.15, 0.2) is 24.3 Å². The molecule has 10 nitrogen and oxygen atoms in total. The van der Waals surface area contributed by atoms with E-state index >= 15 is 0 Å². The molecule has 0 bridgehead atoms. The number of carbonyl (C=O) groups excluding carboxylic acids is 1. The number of carbonyl (C=O) groups is 1. The monoisotopic (exact) mass is 395 g/mol. The summed E-state index contributed by atoms with van der Waals surface area (Å²) in [5.41, 5.74) is 1.58. The highest BCUT2D eigenvalue weighted by atomic mass is 16.2. The predicted molar refractivity (Wildman–Crippen MR) is 107 cm³/mol. The van der Waals surface area contributed by atoms with Gasteiger partial charge in [-0.3, -0.25) is 0 Å². The maximum Gasteiger partial charge on any atom is 0.321 e. The van der Waals surface area contributed by atoms with Crippen molar-refractivity contribution in [2.24, 2.45) is 0 Å². The second-order valence-electron chi connectivity index (χ2n) is 7.22. The van der Waals surface area contributed by atoms with Crippen molar-refractivity contribution < 1.29 is 4.79 Å². The van der Waals surface area contributed by atoms with Gasteiger partial charge in [-0.1, -0.05) is 12.1 Å². The minimum Gasteiger partial charge on any atom is -0.322 e. The summed E-state index contributed by atoms with van der Waals surface area (Å²) in [6, 6.07) is 7.61. The molecule has 0 aliphatic carbocycles. The van der Waals surface area contributed by atoms with E-state index in [0.29, 0.717) is 24.6 Å². The highest BCUT2D eigenvalue weighted by molar-refractivity contribution is 5.90. The first-order chi connectivity index (χ1) is 14.0. The molecule has 1 aromatic carbocycles. The fourth-order valence-corrected chi connectivity index (χ4v) is 3.78. The second kappa shape index (κ2) is 7.98. The van der Waals surface area contributed by atoms with E-state index in [2.05, 4.69) is 30.9 Å². The van der Waals surface area contributed by atoms with E-state index in [4.69, 9.17) is 0 Å². The molecule has 2 amide bonds. The molecule has 1 saturated heterocycles. The van der Waals surface area contributed by atoms with Crippen molar-refractivity contribution >= 4 is 11.7 Å². The van der Waals surface area contributed by atoms with Crippen molar-refractivity contribution in [3.63, 3.8) is 0 Å². The SMILES string of the molecule is CCn1nnnc1-c1cccc(NC(=O)N2CCCC(n3nc(C)nc3C)C2)c1. The number of aryl methyl sites for hydroxylation is 3. The van der Waals surface area contributed by atoms with E-state index in [1.165, 1.54) is 0 Å².